The van der Waals surface area contributed by atoms with E-state index in [1.807, 2.05) is 6.07 Å². The second-order valence-corrected chi connectivity index (χ2v) is 7.03. The molecule has 0 amide bonds. The fourth-order valence-electron chi connectivity index (χ4n) is 2.59. The first-order chi connectivity index (χ1) is 8.90. The van der Waals surface area contributed by atoms with Crippen LogP contribution in [0.1, 0.15) is 33.9 Å². The summed E-state index contributed by atoms with van der Waals surface area (Å²) >= 11 is 5.88. The van der Waals surface area contributed by atoms with Crippen LogP contribution in [-0.2, 0) is 0 Å². The number of benzene rings is 2. The Balaban J connectivity index is 2.56. The van der Waals surface area contributed by atoms with E-state index in [1.54, 1.807) is 0 Å². The molecule has 2 rings (SSSR count). The van der Waals surface area contributed by atoms with Gasteiger partial charge in [0, 0.05) is 8.04 Å². The van der Waals surface area contributed by atoms with E-state index >= 15 is 0 Å². The SMILES string of the molecule is Cc1cc(C)c(C(N)c2cc(Br)ccc2I)c(C)c1. The Hall–Kier alpha value is -0.390. The van der Waals surface area contributed by atoms with Crippen molar-refractivity contribution in [2.24, 2.45) is 5.73 Å². The predicted octanol–water partition coefficient (Wildman–Crippen LogP) is 5.03. The minimum absolute atomic E-state index is 0.0787. The van der Waals surface area contributed by atoms with Gasteiger partial charge in [-0.15, -0.1) is 0 Å². The van der Waals surface area contributed by atoms with Gasteiger partial charge in [-0.05, 0) is 83.8 Å². The Labute approximate surface area is 136 Å². The zero-order chi connectivity index (χ0) is 14.2. The third-order valence-electron chi connectivity index (χ3n) is 3.34. The first kappa shape index (κ1) is 15.0. The van der Waals surface area contributed by atoms with Crippen molar-refractivity contribution in [2.45, 2.75) is 26.8 Å². The van der Waals surface area contributed by atoms with Gasteiger partial charge in [-0.2, -0.15) is 0 Å². The summed E-state index contributed by atoms with van der Waals surface area (Å²) in [7, 11) is 0. The molecule has 0 aromatic heterocycles. The summed E-state index contributed by atoms with van der Waals surface area (Å²) in [6.45, 7) is 6.40. The van der Waals surface area contributed by atoms with E-state index in [4.69, 9.17) is 5.73 Å². The van der Waals surface area contributed by atoms with Crippen molar-refractivity contribution in [3.05, 3.63) is 66.2 Å². The first-order valence-corrected chi connectivity index (χ1v) is 8.05. The molecule has 2 N–H and O–H groups in total. The largest absolute Gasteiger partial charge is 0.320 e. The lowest BCUT2D eigenvalue weighted by molar-refractivity contribution is 0.844. The highest BCUT2D eigenvalue weighted by Crippen LogP contribution is 2.31. The Bertz CT molecular complexity index is 599. The van der Waals surface area contributed by atoms with E-state index in [-0.39, 0.29) is 6.04 Å². The second-order valence-electron chi connectivity index (χ2n) is 4.96. The van der Waals surface area contributed by atoms with Gasteiger partial charge >= 0.3 is 0 Å². The third-order valence-corrected chi connectivity index (χ3v) is 4.82. The zero-order valence-corrected chi connectivity index (χ0v) is 15.0. The zero-order valence-electron chi connectivity index (χ0n) is 11.3. The van der Waals surface area contributed by atoms with Crippen LogP contribution in [0.5, 0.6) is 0 Å². The topological polar surface area (TPSA) is 26.0 Å². The van der Waals surface area contributed by atoms with Crippen LogP contribution < -0.4 is 5.73 Å². The minimum atomic E-state index is -0.0787. The third kappa shape index (κ3) is 3.20. The van der Waals surface area contributed by atoms with Crippen molar-refractivity contribution in [2.75, 3.05) is 0 Å². The minimum Gasteiger partial charge on any atom is -0.320 e. The van der Waals surface area contributed by atoms with E-state index in [9.17, 15) is 0 Å². The molecular formula is C16H17BrIN. The van der Waals surface area contributed by atoms with Crippen molar-refractivity contribution < 1.29 is 0 Å². The summed E-state index contributed by atoms with van der Waals surface area (Å²) < 4.78 is 2.27. The maximum atomic E-state index is 6.51. The summed E-state index contributed by atoms with van der Waals surface area (Å²) in [6.07, 6.45) is 0. The number of nitrogens with two attached hydrogens (primary N) is 1. The molecule has 0 aliphatic carbocycles. The normalized spacial score (nSPS) is 12.5. The highest BCUT2D eigenvalue weighted by atomic mass is 127. The van der Waals surface area contributed by atoms with Gasteiger partial charge in [0.15, 0.2) is 0 Å². The molecule has 1 nitrogen and oxygen atoms in total. The Morgan fingerprint density at radius 3 is 2.21 bits per heavy atom. The smallest absolute Gasteiger partial charge is 0.0567 e. The van der Waals surface area contributed by atoms with E-state index in [0.29, 0.717) is 0 Å². The summed E-state index contributed by atoms with van der Waals surface area (Å²) in [5.74, 6) is 0. The van der Waals surface area contributed by atoms with Gasteiger partial charge in [0.25, 0.3) is 0 Å². The van der Waals surface area contributed by atoms with Crippen molar-refractivity contribution in [1.82, 2.24) is 0 Å². The molecule has 0 aliphatic heterocycles. The van der Waals surface area contributed by atoms with Crippen molar-refractivity contribution >= 4 is 38.5 Å². The van der Waals surface area contributed by atoms with Gasteiger partial charge < -0.3 is 5.73 Å². The molecule has 0 fully saturated rings. The van der Waals surface area contributed by atoms with Crippen LogP contribution in [0.4, 0.5) is 0 Å². The van der Waals surface area contributed by atoms with Crippen LogP contribution >= 0.6 is 38.5 Å². The summed E-state index contributed by atoms with van der Waals surface area (Å²) in [6, 6.07) is 10.6. The van der Waals surface area contributed by atoms with E-state index in [2.05, 4.69) is 83.6 Å². The standard InChI is InChI=1S/C16H17BrIN/c1-9-6-10(2)15(11(3)7-9)16(19)13-8-12(17)4-5-14(13)18/h4-8,16H,19H2,1-3H3. The highest BCUT2D eigenvalue weighted by Gasteiger charge is 2.17. The molecule has 0 radical (unpaired) electrons. The Morgan fingerprint density at radius 2 is 1.63 bits per heavy atom. The van der Waals surface area contributed by atoms with Crippen LogP contribution in [0.25, 0.3) is 0 Å². The molecule has 1 atom stereocenters. The molecule has 3 heteroatoms. The van der Waals surface area contributed by atoms with Crippen molar-refractivity contribution in [3.8, 4) is 0 Å². The number of hydrogen-bond acceptors (Lipinski definition) is 1. The lowest BCUT2D eigenvalue weighted by Crippen LogP contribution is -2.16. The molecule has 2 aromatic carbocycles. The van der Waals surface area contributed by atoms with Gasteiger partial charge in [-0.25, -0.2) is 0 Å². The number of rotatable bonds is 2. The molecule has 1 unspecified atom stereocenters. The molecule has 100 valence electrons. The predicted molar refractivity (Wildman–Crippen MR) is 93.5 cm³/mol. The van der Waals surface area contributed by atoms with Crippen LogP contribution in [0.15, 0.2) is 34.8 Å². The maximum Gasteiger partial charge on any atom is 0.0567 e. The molecular weight excluding hydrogens is 413 g/mol. The maximum absolute atomic E-state index is 6.51. The highest BCUT2D eigenvalue weighted by molar-refractivity contribution is 14.1. The van der Waals surface area contributed by atoms with E-state index in [0.717, 1.165) is 4.47 Å². The summed E-state index contributed by atoms with van der Waals surface area (Å²) in [5.41, 5.74) is 12.7. The fourth-order valence-corrected chi connectivity index (χ4v) is 3.64. The summed E-state index contributed by atoms with van der Waals surface area (Å²) in [5, 5.41) is 0. The van der Waals surface area contributed by atoms with Crippen LogP contribution in [0.3, 0.4) is 0 Å². The quantitative estimate of drug-likeness (QED) is 0.666. The van der Waals surface area contributed by atoms with Crippen LogP contribution in [0, 0.1) is 24.3 Å². The lowest BCUT2D eigenvalue weighted by atomic mass is 9.90. The van der Waals surface area contributed by atoms with Crippen molar-refractivity contribution in [3.63, 3.8) is 0 Å². The molecule has 0 aliphatic rings. The molecule has 19 heavy (non-hydrogen) atoms. The molecule has 0 saturated carbocycles. The van der Waals surface area contributed by atoms with E-state index < -0.39 is 0 Å². The van der Waals surface area contributed by atoms with Crippen molar-refractivity contribution in [1.29, 1.82) is 0 Å². The van der Waals surface area contributed by atoms with Gasteiger partial charge in [0.2, 0.25) is 0 Å². The van der Waals surface area contributed by atoms with Crippen LogP contribution in [0.2, 0.25) is 0 Å². The average molecular weight is 430 g/mol. The van der Waals surface area contributed by atoms with Crippen LogP contribution in [-0.4, -0.2) is 0 Å². The lowest BCUT2D eigenvalue weighted by Gasteiger charge is -2.20. The van der Waals surface area contributed by atoms with E-state index in [1.165, 1.54) is 31.4 Å². The molecule has 0 heterocycles. The van der Waals surface area contributed by atoms with Gasteiger partial charge in [0.1, 0.15) is 0 Å². The van der Waals surface area contributed by atoms with Gasteiger partial charge in [-0.1, -0.05) is 33.6 Å². The number of hydrogen-bond donors (Lipinski definition) is 1. The Morgan fingerprint density at radius 1 is 1.05 bits per heavy atom. The second kappa shape index (κ2) is 5.94. The molecule has 2 aromatic rings. The molecule has 0 bridgehead atoms. The fraction of sp³-hybridized carbons (Fsp3) is 0.250. The first-order valence-electron chi connectivity index (χ1n) is 6.18. The van der Waals surface area contributed by atoms with Gasteiger partial charge in [-0.3, -0.25) is 0 Å². The number of aryl methyl sites for hydroxylation is 3. The average Bonchev–Trinajstić information content (AvgIpc) is 2.30. The molecule has 0 saturated heterocycles. The monoisotopic (exact) mass is 429 g/mol. The number of halogens is 2. The molecule has 0 spiro atoms. The Kier molecular flexibility index (Phi) is 4.69. The summed E-state index contributed by atoms with van der Waals surface area (Å²) in [4.78, 5) is 0. The van der Waals surface area contributed by atoms with Gasteiger partial charge in [0.05, 0.1) is 6.04 Å².